The summed E-state index contributed by atoms with van der Waals surface area (Å²) in [7, 11) is 0. The van der Waals surface area contributed by atoms with Crippen molar-refractivity contribution in [3.05, 3.63) is 65.7 Å². The molecule has 0 aliphatic carbocycles. The molecular formula is C21H24N2O4. The minimum absolute atomic E-state index is 0.128. The van der Waals surface area contributed by atoms with E-state index in [0.29, 0.717) is 25.2 Å². The van der Waals surface area contributed by atoms with Crippen molar-refractivity contribution in [1.82, 2.24) is 10.2 Å². The van der Waals surface area contributed by atoms with Gasteiger partial charge in [0.15, 0.2) is 0 Å². The molecule has 2 aromatic rings. The van der Waals surface area contributed by atoms with E-state index in [2.05, 4.69) is 5.32 Å². The number of ether oxygens (including phenoxy) is 1. The van der Waals surface area contributed by atoms with Crippen LogP contribution in [0.2, 0.25) is 0 Å². The maximum absolute atomic E-state index is 12.3. The summed E-state index contributed by atoms with van der Waals surface area (Å²) in [6, 6.07) is 15.7. The maximum atomic E-state index is 12.3. The molecule has 1 fully saturated rings. The molecule has 1 aliphatic rings. The molecule has 0 spiro atoms. The van der Waals surface area contributed by atoms with Gasteiger partial charge in [0.2, 0.25) is 0 Å². The number of hydrogen-bond donors (Lipinski definition) is 2. The predicted octanol–water partition coefficient (Wildman–Crippen LogP) is 3.17. The lowest BCUT2D eigenvalue weighted by Crippen LogP contribution is -2.43. The Bertz CT molecular complexity index is 762. The van der Waals surface area contributed by atoms with E-state index < -0.39 is 0 Å². The molecule has 1 saturated heterocycles. The lowest BCUT2D eigenvalue weighted by Gasteiger charge is -2.32. The Kier molecular flexibility index (Phi) is 6.30. The van der Waals surface area contributed by atoms with Crippen LogP contribution in [0.15, 0.2) is 54.6 Å². The van der Waals surface area contributed by atoms with Crippen LogP contribution in [0.3, 0.4) is 0 Å². The first kappa shape index (κ1) is 18.8. The van der Waals surface area contributed by atoms with Crippen molar-refractivity contribution >= 4 is 12.0 Å². The van der Waals surface area contributed by atoms with Gasteiger partial charge in [0.1, 0.15) is 12.4 Å². The third-order valence-corrected chi connectivity index (χ3v) is 4.66. The Morgan fingerprint density at radius 2 is 1.85 bits per heavy atom. The second-order valence-electron chi connectivity index (χ2n) is 6.75. The smallest absolute Gasteiger partial charge is 0.410 e. The number of piperidine rings is 1. The van der Waals surface area contributed by atoms with Crippen LogP contribution in [0.5, 0.6) is 5.75 Å². The molecule has 1 heterocycles. The van der Waals surface area contributed by atoms with E-state index in [9.17, 15) is 14.7 Å². The third-order valence-electron chi connectivity index (χ3n) is 4.66. The van der Waals surface area contributed by atoms with E-state index in [1.165, 1.54) is 12.1 Å². The summed E-state index contributed by atoms with van der Waals surface area (Å²) in [5, 5.41) is 12.2. The van der Waals surface area contributed by atoms with E-state index in [4.69, 9.17) is 4.74 Å². The standard InChI is InChI=1S/C21H24N2O4/c24-19-10-8-18(9-11-19)20(25)22-13-17-7-4-12-23(14-17)21(26)27-15-16-5-2-1-3-6-16/h1-3,5-6,8-11,17,24H,4,7,12-15H2,(H,22,25). The quantitative estimate of drug-likeness (QED) is 0.850. The van der Waals surface area contributed by atoms with Gasteiger partial charge in [-0.15, -0.1) is 0 Å². The molecule has 27 heavy (non-hydrogen) atoms. The molecule has 6 heteroatoms. The molecule has 1 atom stereocenters. The van der Waals surface area contributed by atoms with Crippen LogP contribution in [0.1, 0.15) is 28.8 Å². The lowest BCUT2D eigenvalue weighted by molar-refractivity contribution is 0.0776. The molecule has 1 aliphatic heterocycles. The van der Waals surface area contributed by atoms with Gasteiger partial charge in [0.05, 0.1) is 0 Å². The number of nitrogens with zero attached hydrogens (tertiary/aromatic N) is 1. The number of carbonyl (C=O) groups is 2. The van der Waals surface area contributed by atoms with Crippen LogP contribution in [-0.2, 0) is 11.3 Å². The van der Waals surface area contributed by atoms with E-state index in [-0.39, 0.29) is 30.3 Å². The van der Waals surface area contributed by atoms with Gasteiger partial charge in [-0.2, -0.15) is 0 Å². The molecule has 2 aromatic carbocycles. The fraction of sp³-hybridized carbons (Fsp3) is 0.333. The highest BCUT2D eigenvalue weighted by Crippen LogP contribution is 2.17. The highest BCUT2D eigenvalue weighted by atomic mass is 16.6. The van der Waals surface area contributed by atoms with E-state index in [1.54, 1.807) is 17.0 Å². The zero-order chi connectivity index (χ0) is 19.1. The number of carbonyl (C=O) groups excluding carboxylic acids is 2. The molecule has 2 amide bonds. The van der Waals surface area contributed by atoms with E-state index in [1.807, 2.05) is 30.3 Å². The molecule has 0 aromatic heterocycles. The van der Waals surface area contributed by atoms with Crippen molar-refractivity contribution in [2.45, 2.75) is 19.4 Å². The van der Waals surface area contributed by atoms with Crippen LogP contribution in [0.4, 0.5) is 4.79 Å². The summed E-state index contributed by atoms with van der Waals surface area (Å²) in [4.78, 5) is 26.2. The zero-order valence-corrected chi connectivity index (χ0v) is 15.1. The molecule has 1 unspecified atom stereocenters. The monoisotopic (exact) mass is 368 g/mol. The Balaban J connectivity index is 1.45. The first-order valence-corrected chi connectivity index (χ1v) is 9.14. The van der Waals surface area contributed by atoms with Gasteiger partial charge in [-0.25, -0.2) is 4.79 Å². The molecular weight excluding hydrogens is 344 g/mol. The average molecular weight is 368 g/mol. The van der Waals surface area contributed by atoms with E-state index in [0.717, 1.165) is 18.4 Å². The first-order valence-electron chi connectivity index (χ1n) is 9.14. The average Bonchev–Trinajstić information content (AvgIpc) is 2.71. The van der Waals surface area contributed by atoms with Crippen LogP contribution >= 0.6 is 0 Å². The van der Waals surface area contributed by atoms with Crippen molar-refractivity contribution < 1.29 is 19.4 Å². The fourth-order valence-corrected chi connectivity index (χ4v) is 3.16. The number of phenols is 1. The highest BCUT2D eigenvalue weighted by Gasteiger charge is 2.25. The molecule has 0 saturated carbocycles. The van der Waals surface area contributed by atoms with Crippen LogP contribution in [0.25, 0.3) is 0 Å². The summed E-state index contributed by atoms with van der Waals surface area (Å²) in [5.74, 6) is 0.145. The molecule has 2 N–H and O–H groups in total. The lowest BCUT2D eigenvalue weighted by atomic mass is 9.98. The van der Waals surface area contributed by atoms with Crippen molar-refractivity contribution in [2.75, 3.05) is 19.6 Å². The van der Waals surface area contributed by atoms with Crippen LogP contribution in [0, 0.1) is 5.92 Å². The fourth-order valence-electron chi connectivity index (χ4n) is 3.16. The number of likely N-dealkylation sites (tertiary alicyclic amines) is 1. The zero-order valence-electron chi connectivity index (χ0n) is 15.1. The predicted molar refractivity (Wildman–Crippen MR) is 101 cm³/mol. The summed E-state index contributed by atoms with van der Waals surface area (Å²) in [6.07, 6.45) is 1.53. The molecule has 142 valence electrons. The van der Waals surface area contributed by atoms with Gasteiger partial charge in [0.25, 0.3) is 5.91 Å². The molecule has 0 radical (unpaired) electrons. The van der Waals surface area contributed by atoms with Gasteiger partial charge in [-0.1, -0.05) is 30.3 Å². The normalized spacial score (nSPS) is 16.6. The van der Waals surface area contributed by atoms with Gasteiger partial charge >= 0.3 is 6.09 Å². The van der Waals surface area contributed by atoms with Gasteiger partial charge in [-0.3, -0.25) is 4.79 Å². The van der Waals surface area contributed by atoms with Crippen LogP contribution in [-0.4, -0.2) is 41.6 Å². The highest BCUT2D eigenvalue weighted by molar-refractivity contribution is 5.94. The number of nitrogens with one attached hydrogen (secondary N) is 1. The minimum Gasteiger partial charge on any atom is -0.508 e. The Morgan fingerprint density at radius 3 is 2.59 bits per heavy atom. The summed E-state index contributed by atoms with van der Waals surface area (Å²) in [6.45, 7) is 2.01. The molecule has 3 rings (SSSR count). The van der Waals surface area contributed by atoms with Crippen LogP contribution < -0.4 is 5.32 Å². The number of hydrogen-bond acceptors (Lipinski definition) is 4. The summed E-state index contributed by atoms with van der Waals surface area (Å²) >= 11 is 0. The van der Waals surface area contributed by atoms with E-state index >= 15 is 0 Å². The number of aromatic hydroxyl groups is 1. The largest absolute Gasteiger partial charge is 0.508 e. The summed E-state index contributed by atoms with van der Waals surface area (Å²) in [5.41, 5.74) is 1.46. The third kappa shape index (κ3) is 5.48. The molecule has 6 nitrogen and oxygen atoms in total. The summed E-state index contributed by atoms with van der Waals surface area (Å²) < 4.78 is 5.40. The minimum atomic E-state index is -0.312. The second kappa shape index (κ2) is 9.07. The number of benzene rings is 2. The van der Waals surface area contributed by atoms with Gasteiger partial charge < -0.3 is 20.1 Å². The number of phenolic OH excluding ortho intramolecular Hbond substituents is 1. The van der Waals surface area contributed by atoms with Gasteiger partial charge in [-0.05, 0) is 48.6 Å². The van der Waals surface area contributed by atoms with Crippen molar-refractivity contribution in [3.63, 3.8) is 0 Å². The van der Waals surface area contributed by atoms with Crippen molar-refractivity contribution in [2.24, 2.45) is 5.92 Å². The maximum Gasteiger partial charge on any atom is 0.410 e. The van der Waals surface area contributed by atoms with Gasteiger partial charge in [0, 0.05) is 25.2 Å². The first-order chi connectivity index (χ1) is 13.1. The van der Waals surface area contributed by atoms with Crippen molar-refractivity contribution in [3.8, 4) is 5.75 Å². The molecule has 0 bridgehead atoms. The van der Waals surface area contributed by atoms with Crippen molar-refractivity contribution in [1.29, 1.82) is 0 Å². The number of rotatable bonds is 5. The Labute approximate surface area is 158 Å². The Hall–Kier alpha value is -3.02. The number of amides is 2. The Morgan fingerprint density at radius 1 is 1.11 bits per heavy atom. The second-order valence-corrected chi connectivity index (χ2v) is 6.75. The SMILES string of the molecule is O=C(NCC1CCCN(C(=O)OCc2ccccc2)C1)c1ccc(O)cc1. The topological polar surface area (TPSA) is 78.9 Å².